The van der Waals surface area contributed by atoms with Crippen LogP contribution in [0, 0.1) is 11.3 Å². The number of nitrogen functional groups attached to an aromatic ring is 2. The molecule has 0 amide bonds. The number of nitrogens with zero attached hydrogens (tertiary/aromatic N) is 4. The number of pyridine rings is 1. The predicted octanol–water partition coefficient (Wildman–Crippen LogP) is 3.32. The zero-order valence-corrected chi connectivity index (χ0v) is 16.2. The van der Waals surface area contributed by atoms with Gasteiger partial charge in [-0.05, 0) is 36.4 Å². The highest BCUT2D eigenvalue weighted by molar-refractivity contribution is 5.79. The van der Waals surface area contributed by atoms with E-state index in [4.69, 9.17) is 20.9 Å². The number of hydrogen-bond acceptors (Lipinski definition) is 8. The van der Waals surface area contributed by atoms with Gasteiger partial charge in [-0.1, -0.05) is 6.07 Å². The lowest BCUT2D eigenvalue weighted by molar-refractivity contribution is 0.297. The second kappa shape index (κ2) is 7.93. The van der Waals surface area contributed by atoms with Crippen molar-refractivity contribution in [2.75, 3.05) is 18.6 Å². The number of fused-ring (bicyclic) bond motifs is 1. The lowest BCUT2D eigenvalue weighted by Crippen LogP contribution is -2.05. The van der Waals surface area contributed by atoms with Crippen molar-refractivity contribution in [2.24, 2.45) is 0 Å². The molecule has 0 fully saturated rings. The third-order valence-corrected chi connectivity index (χ3v) is 4.59. The second-order valence-electron chi connectivity index (χ2n) is 6.48. The average molecular weight is 398 g/mol. The van der Waals surface area contributed by atoms with Crippen LogP contribution in [0.2, 0.25) is 0 Å². The van der Waals surface area contributed by atoms with Crippen LogP contribution >= 0.6 is 0 Å². The van der Waals surface area contributed by atoms with Crippen LogP contribution in [0.3, 0.4) is 0 Å². The maximum Gasteiger partial charge on any atom is 0.222 e. The fourth-order valence-electron chi connectivity index (χ4n) is 3.15. The van der Waals surface area contributed by atoms with Gasteiger partial charge in [-0.25, -0.2) is 4.98 Å². The lowest BCUT2D eigenvalue weighted by Gasteiger charge is -2.13. The van der Waals surface area contributed by atoms with Gasteiger partial charge in [0.15, 0.2) is 0 Å². The standard InChI is InChI=1S/C22H18N6O2/c1-29-19-7-5-14(20-17(11-23)21(24)28-22(25)27-20)9-15(19)12-30-16-6-4-13-3-2-8-26-18(13)10-16/h2-10H,12H2,1H3,(H4,24,25,27,28). The summed E-state index contributed by atoms with van der Waals surface area (Å²) in [5.74, 6) is 1.36. The molecule has 2 heterocycles. The molecule has 0 unspecified atom stereocenters. The predicted molar refractivity (Wildman–Crippen MR) is 114 cm³/mol. The van der Waals surface area contributed by atoms with Crippen molar-refractivity contribution >= 4 is 22.7 Å². The van der Waals surface area contributed by atoms with Gasteiger partial charge in [-0.3, -0.25) is 4.98 Å². The molecule has 8 nitrogen and oxygen atoms in total. The third kappa shape index (κ3) is 3.64. The number of nitriles is 1. The van der Waals surface area contributed by atoms with Crippen LogP contribution in [-0.4, -0.2) is 22.1 Å². The largest absolute Gasteiger partial charge is 0.496 e. The van der Waals surface area contributed by atoms with E-state index in [0.717, 1.165) is 16.5 Å². The minimum Gasteiger partial charge on any atom is -0.496 e. The fourth-order valence-corrected chi connectivity index (χ4v) is 3.15. The first kappa shape index (κ1) is 19.0. The van der Waals surface area contributed by atoms with E-state index in [1.807, 2.05) is 42.5 Å². The van der Waals surface area contributed by atoms with Gasteiger partial charge in [-0.2, -0.15) is 10.2 Å². The molecule has 0 atom stereocenters. The smallest absolute Gasteiger partial charge is 0.222 e. The number of anilines is 2. The summed E-state index contributed by atoms with van der Waals surface area (Å²) in [5, 5.41) is 10.5. The lowest BCUT2D eigenvalue weighted by atomic mass is 10.0. The first-order chi connectivity index (χ1) is 14.6. The Hall–Kier alpha value is -4.38. The van der Waals surface area contributed by atoms with Gasteiger partial charge in [0.05, 0.1) is 18.3 Å². The Balaban J connectivity index is 1.67. The van der Waals surface area contributed by atoms with E-state index in [1.165, 1.54) is 0 Å². The van der Waals surface area contributed by atoms with Crippen LogP contribution in [0.25, 0.3) is 22.2 Å². The Kier molecular flexibility index (Phi) is 5.01. The molecule has 0 bridgehead atoms. The molecule has 148 valence electrons. The average Bonchev–Trinajstić information content (AvgIpc) is 2.77. The number of aromatic nitrogens is 3. The highest BCUT2D eigenvalue weighted by atomic mass is 16.5. The summed E-state index contributed by atoms with van der Waals surface area (Å²) in [6.45, 7) is 0.243. The van der Waals surface area contributed by atoms with Crippen LogP contribution in [-0.2, 0) is 6.61 Å². The highest BCUT2D eigenvalue weighted by Gasteiger charge is 2.15. The number of hydrogen-bond donors (Lipinski definition) is 2. The summed E-state index contributed by atoms with van der Waals surface area (Å²) in [6.07, 6.45) is 1.74. The molecule has 4 aromatic rings. The van der Waals surface area contributed by atoms with Crippen LogP contribution < -0.4 is 20.9 Å². The molecule has 2 aromatic carbocycles. The van der Waals surface area contributed by atoms with Crippen molar-refractivity contribution in [1.29, 1.82) is 5.26 Å². The van der Waals surface area contributed by atoms with Crippen LogP contribution in [0.4, 0.5) is 11.8 Å². The molecule has 0 aliphatic heterocycles. The quantitative estimate of drug-likeness (QED) is 0.523. The topological polar surface area (TPSA) is 133 Å². The van der Waals surface area contributed by atoms with Crippen molar-refractivity contribution in [3.05, 3.63) is 65.9 Å². The van der Waals surface area contributed by atoms with E-state index in [0.29, 0.717) is 22.8 Å². The molecule has 4 N–H and O–H groups in total. The Morgan fingerprint density at radius 3 is 2.73 bits per heavy atom. The fraction of sp³-hybridized carbons (Fsp3) is 0.0909. The number of benzene rings is 2. The first-order valence-electron chi connectivity index (χ1n) is 9.07. The summed E-state index contributed by atoms with van der Waals surface area (Å²) < 4.78 is 11.4. The Morgan fingerprint density at radius 2 is 1.93 bits per heavy atom. The van der Waals surface area contributed by atoms with E-state index >= 15 is 0 Å². The Morgan fingerprint density at radius 1 is 1.07 bits per heavy atom. The summed E-state index contributed by atoms with van der Waals surface area (Å²) in [6, 6.07) is 17.0. The molecule has 4 rings (SSSR count). The molecule has 0 saturated carbocycles. The number of ether oxygens (including phenoxy) is 2. The molecule has 0 spiro atoms. The van der Waals surface area contributed by atoms with Crippen molar-refractivity contribution in [2.45, 2.75) is 6.61 Å². The molecular formula is C22H18N6O2. The van der Waals surface area contributed by atoms with E-state index in [-0.39, 0.29) is 23.9 Å². The van der Waals surface area contributed by atoms with Gasteiger partial charge in [0.25, 0.3) is 0 Å². The van der Waals surface area contributed by atoms with E-state index in [2.05, 4.69) is 15.0 Å². The minimum atomic E-state index is -0.00113. The van der Waals surface area contributed by atoms with Crippen molar-refractivity contribution < 1.29 is 9.47 Å². The number of methoxy groups -OCH3 is 1. The molecule has 30 heavy (non-hydrogen) atoms. The van der Waals surface area contributed by atoms with Crippen molar-refractivity contribution in [3.8, 4) is 28.8 Å². The van der Waals surface area contributed by atoms with Crippen LogP contribution in [0.15, 0.2) is 54.7 Å². The van der Waals surface area contributed by atoms with E-state index in [9.17, 15) is 5.26 Å². The molecule has 2 aromatic heterocycles. The molecular weight excluding hydrogens is 380 g/mol. The van der Waals surface area contributed by atoms with Gasteiger partial charge in [0, 0.05) is 28.8 Å². The second-order valence-corrected chi connectivity index (χ2v) is 6.48. The molecule has 8 heteroatoms. The van der Waals surface area contributed by atoms with E-state index in [1.54, 1.807) is 25.4 Å². The van der Waals surface area contributed by atoms with Crippen LogP contribution in [0.5, 0.6) is 11.5 Å². The summed E-state index contributed by atoms with van der Waals surface area (Å²) in [7, 11) is 1.58. The monoisotopic (exact) mass is 398 g/mol. The third-order valence-electron chi connectivity index (χ3n) is 4.59. The number of rotatable bonds is 5. The van der Waals surface area contributed by atoms with Crippen LogP contribution in [0.1, 0.15) is 11.1 Å². The van der Waals surface area contributed by atoms with Gasteiger partial charge in [0.1, 0.15) is 35.6 Å². The normalized spacial score (nSPS) is 10.5. The van der Waals surface area contributed by atoms with E-state index < -0.39 is 0 Å². The zero-order chi connectivity index (χ0) is 21.1. The van der Waals surface area contributed by atoms with Gasteiger partial charge < -0.3 is 20.9 Å². The molecule has 0 saturated heterocycles. The Bertz CT molecular complexity index is 1280. The summed E-state index contributed by atoms with van der Waals surface area (Å²) >= 11 is 0. The zero-order valence-electron chi connectivity index (χ0n) is 16.2. The first-order valence-corrected chi connectivity index (χ1v) is 9.07. The van der Waals surface area contributed by atoms with Crippen molar-refractivity contribution in [1.82, 2.24) is 15.0 Å². The van der Waals surface area contributed by atoms with Gasteiger partial charge in [0.2, 0.25) is 5.95 Å². The summed E-state index contributed by atoms with van der Waals surface area (Å²) in [4.78, 5) is 12.4. The number of nitrogens with two attached hydrogens (primary N) is 2. The maximum absolute atomic E-state index is 9.45. The molecule has 0 aliphatic carbocycles. The van der Waals surface area contributed by atoms with Crippen molar-refractivity contribution in [3.63, 3.8) is 0 Å². The molecule has 0 radical (unpaired) electrons. The molecule has 0 aliphatic rings. The highest BCUT2D eigenvalue weighted by Crippen LogP contribution is 2.30. The SMILES string of the molecule is COc1ccc(-c2nc(N)nc(N)c2C#N)cc1COc1ccc2cccnc2c1. The van der Waals surface area contributed by atoms with Gasteiger partial charge >= 0.3 is 0 Å². The Labute approximate surface area is 172 Å². The minimum absolute atomic E-state index is 0.00113. The summed E-state index contributed by atoms with van der Waals surface area (Å²) in [5.41, 5.74) is 14.4. The van der Waals surface area contributed by atoms with Gasteiger partial charge in [-0.15, -0.1) is 0 Å². The maximum atomic E-state index is 9.45.